The third-order valence-electron chi connectivity index (χ3n) is 2.83. The summed E-state index contributed by atoms with van der Waals surface area (Å²) in [6.45, 7) is -0.240. The Bertz CT molecular complexity index is 834. The highest BCUT2D eigenvalue weighted by atomic mass is 35.5. The first-order chi connectivity index (χ1) is 10.8. The van der Waals surface area contributed by atoms with Crippen LogP contribution in [0.1, 0.15) is 21.5 Å². The number of carboxylic acids is 1. The molecule has 23 heavy (non-hydrogen) atoms. The van der Waals surface area contributed by atoms with Gasteiger partial charge < -0.3 is 9.84 Å². The maximum Gasteiger partial charge on any atom is 0.335 e. The summed E-state index contributed by atoms with van der Waals surface area (Å²) in [4.78, 5) is 11.0. The van der Waals surface area contributed by atoms with Crippen LogP contribution < -0.4 is 4.74 Å². The summed E-state index contributed by atoms with van der Waals surface area (Å²) in [6, 6.07) is 6.50. The van der Waals surface area contributed by atoms with Crippen LogP contribution in [0.3, 0.4) is 0 Å². The van der Waals surface area contributed by atoms with Gasteiger partial charge in [0, 0.05) is 6.07 Å². The van der Waals surface area contributed by atoms with E-state index in [4.69, 9.17) is 38.3 Å². The maximum atomic E-state index is 13.6. The minimum absolute atomic E-state index is 0.109. The third kappa shape index (κ3) is 3.70. The first kappa shape index (κ1) is 17.0. The number of rotatable bonds is 4. The molecule has 0 aliphatic heterocycles. The van der Waals surface area contributed by atoms with Crippen molar-refractivity contribution in [1.82, 2.24) is 0 Å². The largest absolute Gasteiger partial charge is 0.487 e. The quantitative estimate of drug-likeness (QED) is 0.649. The molecule has 0 spiro atoms. The van der Waals surface area contributed by atoms with Gasteiger partial charge in [0.2, 0.25) is 0 Å². The molecule has 0 saturated carbocycles. The molecular formula is C15H7Cl2F2NO3. The standard InChI is InChI=1S/C15H7Cl2F2NO3/c16-12-10(18)4-11(13(17)14(12)19)23-6-8-1-7(5-20)2-9(3-8)15(21)22/h1-4H,6H2,(H,21,22). The number of nitrogens with zero attached hydrogens (tertiary/aromatic N) is 1. The zero-order valence-corrected chi connectivity index (χ0v) is 12.8. The summed E-state index contributed by atoms with van der Waals surface area (Å²) in [5.41, 5.74) is 0.332. The van der Waals surface area contributed by atoms with Crippen molar-refractivity contribution in [2.45, 2.75) is 6.61 Å². The first-order valence-corrected chi connectivity index (χ1v) is 6.82. The number of hydrogen-bond donors (Lipinski definition) is 1. The lowest BCUT2D eigenvalue weighted by Crippen LogP contribution is -2.03. The Morgan fingerprint density at radius 1 is 1.22 bits per heavy atom. The predicted octanol–water partition coefficient (Wildman–Crippen LogP) is 4.42. The Labute approximate surface area is 139 Å². The normalized spacial score (nSPS) is 10.2. The Balaban J connectivity index is 2.30. The third-order valence-corrected chi connectivity index (χ3v) is 3.53. The molecule has 0 aliphatic carbocycles. The number of carbonyl (C=O) groups is 1. The second-order valence-corrected chi connectivity index (χ2v) is 5.18. The van der Waals surface area contributed by atoms with E-state index in [0.717, 1.165) is 6.07 Å². The molecule has 2 rings (SSSR count). The molecule has 0 heterocycles. The fourth-order valence-corrected chi connectivity index (χ4v) is 2.18. The van der Waals surface area contributed by atoms with E-state index in [2.05, 4.69) is 0 Å². The van der Waals surface area contributed by atoms with E-state index < -0.39 is 27.6 Å². The minimum atomic E-state index is -1.22. The molecule has 0 unspecified atom stereocenters. The van der Waals surface area contributed by atoms with E-state index in [1.165, 1.54) is 18.2 Å². The smallest absolute Gasteiger partial charge is 0.335 e. The van der Waals surface area contributed by atoms with Crippen LogP contribution >= 0.6 is 23.2 Å². The summed E-state index contributed by atoms with van der Waals surface area (Å²) in [5, 5.41) is 16.6. The van der Waals surface area contributed by atoms with Crippen LogP contribution in [0.4, 0.5) is 8.78 Å². The number of ether oxygens (including phenoxy) is 1. The monoisotopic (exact) mass is 357 g/mol. The molecule has 0 atom stereocenters. The Hall–Kier alpha value is -2.36. The van der Waals surface area contributed by atoms with Crippen molar-refractivity contribution >= 4 is 29.2 Å². The molecule has 0 aliphatic rings. The molecule has 8 heteroatoms. The van der Waals surface area contributed by atoms with Crippen LogP contribution in [-0.2, 0) is 6.61 Å². The Kier molecular flexibility index (Phi) is 5.04. The highest BCUT2D eigenvalue weighted by Crippen LogP contribution is 2.34. The van der Waals surface area contributed by atoms with Crippen LogP contribution in [0, 0.1) is 23.0 Å². The number of aromatic carboxylic acids is 1. The molecule has 4 nitrogen and oxygen atoms in total. The average Bonchev–Trinajstić information content (AvgIpc) is 2.54. The molecule has 1 N–H and O–H groups in total. The van der Waals surface area contributed by atoms with Crippen molar-refractivity contribution in [3.05, 3.63) is 62.6 Å². The molecule has 0 radical (unpaired) electrons. The minimum Gasteiger partial charge on any atom is -0.487 e. The topological polar surface area (TPSA) is 70.3 Å². The molecule has 0 bridgehead atoms. The van der Waals surface area contributed by atoms with E-state index in [0.29, 0.717) is 5.56 Å². The molecule has 0 aromatic heterocycles. The van der Waals surface area contributed by atoms with Gasteiger partial charge in [0.1, 0.15) is 28.2 Å². The van der Waals surface area contributed by atoms with Crippen molar-refractivity contribution in [3.8, 4) is 11.8 Å². The van der Waals surface area contributed by atoms with Gasteiger partial charge in [-0.2, -0.15) is 5.26 Å². The zero-order chi connectivity index (χ0) is 17.1. The lowest BCUT2D eigenvalue weighted by Gasteiger charge is -2.11. The number of nitriles is 1. The lowest BCUT2D eigenvalue weighted by molar-refractivity contribution is 0.0696. The van der Waals surface area contributed by atoms with Gasteiger partial charge in [-0.1, -0.05) is 23.2 Å². The van der Waals surface area contributed by atoms with Crippen LogP contribution in [0.5, 0.6) is 5.75 Å². The molecule has 0 saturated heterocycles. The van der Waals surface area contributed by atoms with Gasteiger partial charge in [0.05, 0.1) is 17.2 Å². The van der Waals surface area contributed by atoms with Gasteiger partial charge >= 0.3 is 5.97 Å². The lowest BCUT2D eigenvalue weighted by atomic mass is 10.1. The van der Waals surface area contributed by atoms with Crippen LogP contribution in [0.2, 0.25) is 10.0 Å². The Morgan fingerprint density at radius 3 is 2.52 bits per heavy atom. The fourth-order valence-electron chi connectivity index (χ4n) is 1.78. The van der Waals surface area contributed by atoms with Crippen LogP contribution in [-0.4, -0.2) is 11.1 Å². The first-order valence-electron chi connectivity index (χ1n) is 6.06. The molecular weight excluding hydrogens is 351 g/mol. The summed E-state index contributed by atoms with van der Waals surface area (Å²) >= 11 is 11.1. The van der Waals surface area contributed by atoms with Crippen LogP contribution in [0.15, 0.2) is 24.3 Å². The second kappa shape index (κ2) is 6.82. The molecule has 0 fully saturated rings. The zero-order valence-electron chi connectivity index (χ0n) is 11.2. The van der Waals surface area contributed by atoms with E-state index in [1.807, 2.05) is 6.07 Å². The van der Waals surface area contributed by atoms with E-state index in [9.17, 15) is 13.6 Å². The fraction of sp³-hybridized carbons (Fsp3) is 0.0667. The predicted molar refractivity (Wildman–Crippen MR) is 78.8 cm³/mol. The van der Waals surface area contributed by atoms with Gasteiger partial charge in [-0.3, -0.25) is 0 Å². The van der Waals surface area contributed by atoms with Crippen LogP contribution in [0.25, 0.3) is 0 Å². The van der Waals surface area contributed by atoms with Crippen molar-refractivity contribution in [1.29, 1.82) is 5.26 Å². The number of halogens is 4. The summed E-state index contributed by atoms with van der Waals surface area (Å²) in [5.74, 6) is -3.70. The van der Waals surface area contributed by atoms with Gasteiger partial charge in [0.25, 0.3) is 0 Å². The summed E-state index contributed by atoms with van der Waals surface area (Å²) < 4.78 is 32.2. The van der Waals surface area contributed by atoms with E-state index in [-0.39, 0.29) is 23.5 Å². The number of benzene rings is 2. The maximum absolute atomic E-state index is 13.6. The van der Waals surface area contributed by atoms with Gasteiger partial charge in [-0.05, 0) is 23.8 Å². The summed E-state index contributed by atoms with van der Waals surface area (Å²) in [7, 11) is 0. The van der Waals surface area contributed by atoms with E-state index in [1.54, 1.807) is 0 Å². The molecule has 2 aromatic rings. The van der Waals surface area contributed by atoms with Gasteiger partial charge in [0.15, 0.2) is 5.82 Å². The molecule has 2 aromatic carbocycles. The van der Waals surface area contributed by atoms with Crippen molar-refractivity contribution in [2.24, 2.45) is 0 Å². The highest BCUT2D eigenvalue weighted by molar-refractivity contribution is 6.35. The molecule has 0 amide bonds. The van der Waals surface area contributed by atoms with Crippen molar-refractivity contribution < 1.29 is 23.4 Å². The number of carboxylic acid groups (broad SMARTS) is 1. The highest BCUT2D eigenvalue weighted by Gasteiger charge is 2.17. The van der Waals surface area contributed by atoms with Crippen molar-refractivity contribution in [2.75, 3.05) is 0 Å². The summed E-state index contributed by atoms with van der Waals surface area (Å²) in [6.07, 6.45) is 0. The Morgan fingerprint density at radius 2 is 1.91 bits per heavy atom. The average molecular weight is 358 g/mol. The SMILES string of the molecule is N#Cc1cc(COc2cc(F)c(Cl)c(F)c2Cl)cc(C(=O)O)c1. The van der Waals surface area contributed by atoms with E-state index >= 15 is 0 Å². The number of hydrogen-bond acceptors (Lipinski definition) is 3. The van der Waals surface area contributed by atoms with Gasteiger partial charge in [-0.15, -0.1) is 0 Å². The van der Waals surface area contributed by atoms with Crippen molar-refractivity contribution in [3.63, 3.8) is 0 Å². The van der Waals surface area contributed by atoms with Gasteiger partial charge in [-0.25, -0.2) is 13.6 Å². The second-order valence-electron chi connectivity index (χ2n) is 4.42. The molecule has 118 valence electrons.